The molecule has 0 aliphatic carbocycles. The van der Waals surface area contributed by atoms with E-state index in [1.807, 2.05) is 13.0 Å². The molecule has 2 N–H and O–H groups in total. The highest BCUT2D eigenvalue weighted by atomic mass is 16.5. The Hall–Kier alpha value is -2.64. The third-order valence-corrected chi connectivity index (χ3v) is 7.16. The Morgan fingerprint density at radius 2 is 1.94 bits per heavy atom. The molecule has 0 spiro atoms. The van der Waals surface area contributed by atoms with Gasteiger partial charge in [-0.3, -0.25) is 9.69 Å². The van der Waals surface area contributed by atoms with Gasteiger partial charge in [0, 0.05) is 41.3 Å². The van der Waals surface area contributed by atoms with Gasteiger partial charge in [0.05, 0.1) is 24.9 Å². The van der Waals surface area contributed by atoms with E-state index >= 15 is 0 Å². The second-order valence-corrected chi connectivity index (χ2v) is 9.30. The SMILES string of the molecule is COc1ccc2[nH]c(CN3C4CCC3CC(O)(Cn3nc(C)ccc3=O)C4)c(C)c2c1. The van der Waals surface area contributed by atoms with Crippen molar-refractivity contribution in [3.8, 4) is 5.75 Å². The summed E-state index contributed by atoms with van der Waals surface area (Å²) in [5, 5.41) is 16.9. The van der Waals surface area contributed by atoms with E-state index in [1.165, 1.54) is 27.4 Å². The number of aromatic amines is 1. The lowest BCUT2D eigenvalue weighted by Gasteiger charge is -2.43. The van der Waals surface area contributed by atoms with Gasteiger partial charge >= 0.3 is 0 Å². The van der Waals surface area contributed by atoms with Crippen LogP contribution in [0.1, 0.15) is 42.6 Å². The summed E-state index contributed by atoms with van der Waals surface area (Å²) in [6.45, 7) is 5.13. The number of methoxy groups -OCH3 is 1. The van der Waals surface area contributed by atoms with E-state index in [0.717, 1.165) is 36.3 Å². The van der Waals surface area contributed by atoms with Crippen molar-refractivity contribution in [1.82, 2.24) is 19.7 Å². The highest BCUT2D eigenvalue weighted by Crippen LogP contribution is 2.42. The molecule has 2 aliphatic rings. The number of H-pyrrole nitrogens is 1. The summed E-state index contributed by atoms with van der Waals surface area (Å²) < 4.78 is 6.82. The van der Waals surface area contributed by atoms with Gasteiger partial charge in [-0.25, -0.2) is 4.68 Å². The molecule has 2 bridgehead atoms. The van der Waals surface area contributed by atoms with Crippen LogP contribution < -0.4 is 10.3 Å². The number of aromatic nitrogens is 3. The highest BCUT2D eigenvalue weighted by molar-refractivity contribution is 5.85. The van der Waals surface area contributed by atoms with Gasteiger partial charge in [-0.15, -0.1) is 0 Å². The third-order valence-electron chi connectivity index (χ3n) is 7.16. The summed E-state index contributed by atoms with van der Waals surface area (Å²) in [5.41, 5.74) is 3.34. The second kappa shape index (κ2) is 7.50. The summed E-state index contributed by atoms with van der Waals surface area (Å²) in [5.74, 6) is 0.865. The average Bonchev–Trinajstić information content (AvgIpc) is 3.18. The standard InChI is InChI=1S/C24H30N4O3/c1-15-4-9-23(29)28(26-15)14-24(30)11-17-5-6-18(12-24)27(17)13-22-16(2)20-10-19(31-3)7-8-21(20)25-22/h4,7-10,17-18,25,30H,5-6,11-14H2,1-3H3. The Morgan fingerprint density at radius 3 is 2.65 bits per heavy atom. The first-order valence-corrected chi connectivity index (χ1v) is 11.0. The third kappa shape index (κ3) is 3.66. The van der Waals surface area contributed by atoms with Gasteiger partial charge in [0.1, 0.15) is 5.75 Å². The molecular formula is C24H30N4O3. The monoisotopic (exact) mass is 422 g/mol. The van der Waals surface area contributed by atoms with E-state index in [2.05, 4.69) is 34.0 Å². The van der Waals surface area contributed by atoms with Crippen molar-refractivity contribution in [1.29, 1.82) is 0 Å². The molecule has 4 heterocycles. The second-order valence-electron chi connectivity index (χ2n) is 9.30. The highest BCUT2D eigenvalue weighted by Gasteiger charge is 2.48. The first kappa shape index (κ1) is 20.3. The maximum Gasteiger partial charge on any atom is 0.266 e. The molecule has 2 aliphatic heterocycles. The van der Waals surface area contributed by atoms with Gasteiger partial charge in [0.15, 0.2) is 0 Å². The molecule has 31 heavy (non-hydrogen) atoms. The van der Waals surface area contributed by atoms with Crippen LogP contribution in [0.3, 0.4) is 0 Å². The number of hydrogen-bond acceptors (Lipinski definition) is 5. The maximum atomic E-state index is 12.2. The van der Waals surface area contributed by atoms with Crippen molar-refractivity contribution < 1.29 is 9.84 Å². The van der Waals surface area contributed by atoms with Gasteiger partial charge in [-0.05, 0) is 69.4 Å². The maximum absolute atomic E-state index is 12.2. The molecule has 3 aromatic rings. The molecule has 5 rings (SSSR count). The molecule has 1 aromatic carbocycles. The molecule has 2 aromatic heterocycles. The molecule has 2 atom stereocenters. The van der Waals surface area contributed by atoms with Crippen LogP contribution in [0.15, 0.2) is 35.1 Å². The van der Waals surface area contributed by atoms with Crippen LogP contribution >= 0.6 is 0 Å². The molecule has 0 radical (unpaired) electrons. The number of nitrogens with one attached hydrogen (secondary N) is 1. The van der Waals surface area contributed by atoms with E-state index in [0.29, 0.717) is 24.9 Å². The van der Waals surface area contributed by atoms with Crippen molar-refractivity contribution >= 4 is 10.9 Å². The molecular weight excluding hydrogens is 392 g/mol. The Labute approximate surface area is 181 Å². The van der Waals surface area contributed by atoms with Gasteiger partial charge in [-0.1, -0.05) is 0 Å². The van der Waals surface area contributed by atoms with E-state index in [4.69, 9.17) is 4.74 Å². The van der Waals surface area contributed by atoms with Crippen molar-refractivity contribution in [2.75, 3.05) is 7.11 Å². The Balaban J connectivity index is 1.36. The molecule has 0 amide bonds. The normalized spacial score (nSPS) is 25.9. The van der Waals surface area contributed by atoms with Crippen molar-refractivity contribution in [2.24, 2.45) is 0 Å². The molecule has 164 valence electrons. The molecule has 2 fully saturated rings. The number of ether oxygens (including phenoxy) is 1. The van der Waals surface area contributed by atoms with Gasteiger partial charge in [0.25, 0.3) is 5.56 Å². The molecule has 2 saturated heterocycles. The summed E-state index contributed by atoms with van der Waals surface area (Å²) >= 11 is 0. The minimum atomic E-state index is -0.893. The fraction of sp³-hybridized carbons (Fsp3) is 0.500. The lowest BCUT2D eigenvalue weighted by molar-refractivity contribution is -0.0680. The van der Waals surface area contributed by atoms with E-state index in [-0.39, 0.29) is 12.1 Å². The summed E-state index contributed by atoms with van der Waals surface area (Å²) in [6, 6.07) is 10.0. The van der Waals surface area contributed by atoms with Gasteiger partial charge in [-0.2, -0.15) is 5.10 Å². The van der Waals surface area contributed by atoms with Crippen LogP contribution in [0, 0.1) is 13.8 Å². The van der Waals surface area contributed by atoms with E-state index in [9.17, 15) is 9.90 Å². The average molecular weight is 423 g/mol. The zero-order valence-corrected chi connectivity index (χ0v) is 18.4. The number of aliphatic hydroxyl groups is 1. The number of aryl methyl sites for hydroxylation is 2. The molecule has 7 heteroatoms. The van der Waals surface area contributed by atoms with Gasteiger partial charge in [0.2, 0.25) is 0 Å². The van der Waals surface area contributed by atoms with Crippen LogP contribution in [0.4, 0.5) is 0 Å². The fourth-order valence-corrected chi connectivity index (χ4v) is 5.57. The zero-order valence-electron chi connectivity index (χ0n) is 18.4. The Morgan fingerprint density at radius 1 is 1.19 bits per heavy atom. The lowest BCUT2D eigenvalue weighted by Crippen LogP contribution is -2.53. The number of fused-ring (bicyclic) bond motifs is 3. The fourth-order valence-electron chi connectivity index (χ4n) is 5.57. The van der Waals surface area contributed by atoms with Gasteiger partial charge < -0.3 is 14.8 Å². The minimum absolute atomic E-state index is 0.155. The number of rotatable bonds is 5. The van der Waals surface area contributed by atoms with E-state index < -0.39 is 5.60 Å². The lowest BCUT2D eigenvalue weighted by atomic mass is 9.85. The Kier molecular flexibility index (Phi) is 4.90. The largest absolute Gasteiger partial charge is 0.497 e. The van der Waals surface area contributed by atoms with Crippen LogP contribution in [-0.4, -0.2) is 49.6 Å². The van der Waals surface area contributed by atoms with Crippen LogP contribution in [0.25, 0.3) is 10.9 Å². The minimum Gasteiger partial charge on any atom is -0.497 e. The molecule has 2 unspecified atom stereocenters. The zero-order chi connectivity index (χ0) is 21.8. The first-order chi connectivity index (χ1) is 14.8. The van der Waals surface area contributed by atoms with Crippen molar-refractivity contribution in [3.05, 3.63) is 57.6 Å². The quantitative estimate of drug-likeness (QED) is 0.661. The number of hydrogen-bond donors (Lipinski definition) is 2. The molecule has 0 saturated carbocycles. The summed E-state index contributed by atoms with van der Waals surface area (Å²) in [4.78, 5) is 18.3. The number of piperidine rings is 1. The van der Waals surface area contributed by atoms with Crippen molar-refractivity contribution in [3.63, 3.8) is 0 Å². The predicted octanol–water partition coefficient (Wildman–Crippen LogP) is 2.91. The van der Waals surface area contributed by atoms with Crippen LogP contribution in [-0.2, 0) is 13.1 Å². The first-order valence-electron chi connectivity index (χ1n) is 11.0. The Bertz CT molecular complexity index is 1170. The molecule has 7 nitrogen and oxygen atoms in total. The number of nitrogens with zero attached hydrogens (tertiary/aromatic N) is 3. The van der Waals surface area contributed by atoms with Crippen molar-refractivity contribution in [2.45, 2.75) is 70.3 Å². The van der Waals surface area contributed by atoms with E-state index in [1.54, 1.807) is 13.2 Å². The summed E-state index contributed by atoms with van der Waals surface area (Å²) in [7, 11) is 1.69. The van der Waals surface area contributed by atoms with Crippen LogP contribution in [0.5, 0.6) is 5.75 Å². The topological polar surface area (TPSA) is 83.4 Å². The van der Waals surface area contributed by atoms with Crippen LogP contribution in [0.2, 0.25) is 0 Å². The smallest absolute Gasteiger partial charge is 0.266 e. The predicted molar refractivity (Wildman–Crippen MR) is 119 cm³/mol. The number of benzene rings is 1. The summed E-state index contributed by atoms with van der Waals surface area (Å²) in [6.07, 6.45) is 3.49.